The first-order valence-electron chi connectivity index (χ1n) is 4.55. The van der Waals surface area contributed by atoms with Crippen LogP contribution in [0.1, 0.15) is 26.7 Å². The second-order valence-corrected chi connectivity index (χ2v) is 3.63. The van der Waals surface area contributed by atoms with Gasteiger partial charge >= 0.3 is 0 Å². The quantitative estimate of drug-likeness (QED) is 0.645. The molecule has 1 aliphatic heterocycles. The van der Waals surface area contributed by atoms with Crippen LogP contribution in [0.4, 0.5) is 0 Å². The van der Waals surface area contributed by atoms with E-state index < -0.39 is 0 Å². The van der Waals surface area contributed by atoms with Gasteiger partial charge in [-0.3, -0.25) is 4.79 Å². The fourth-order valence-electron chi connectivity index (χ4n) is 1.55. The Labute approximate surface area is 85.5 Å². The molecule has 78 valence electrons. The number of hydrogen-bond acceptors (Lipinski definition) is 2. The Morgan fingerprint density at radius 2 is 1.92 bits per heavy atom. The Bertz CT molecular complexity index is 163. The summed E-state index contributed by atoms with van der Waals surface area (Å²) in [6.07, 6.45) is 1.41. The summed E-state index contributed by atoms with van der Waals surface area (Å²) in [7, 11) is 0. The molecule has 1 N–H and O–H groups in total. The first-order chi connectivity index (χ1) is 5.61. The topological polar surface area (TPSA) is 40.5 Å². The highest BCUT2D eigenvalue weighted by Gasteiger charge is 2.21. The Hall–Kier alpha value is -0.280. The highest BCUT2D eigenvalue weighted by molar-refractivity contribution is 5.85. The number of hydrogen-bond donors (Lipinski definition) is 1. The molecule has 2 unspecified atom stereocenters. The summed E-state index contributed by atoms with van der Waals surface area (Å²) < 4.78 is 0. The van der Waals surface area contributed by atoms with Crippen molar-refractivity contribution in [3.8, 4) is 0 Å². The van der Waals surface area contributed by atoms with E-state index in [9.17, 15) is 9.90 Å². The number of aliphatic hydroxyl groups excluding tert-OH is 1. The van der Waals surface area contributed by atoms with E-state index in [0.717, 1.165) is 19.4 Å². The van der Waals surface area contributed by atoms with Crippen LogP contribution in [-0.4, -0.2) is 35.1 Å². The summed E-state index contributed by atoms with van der Waals surface area (Å²) in [6.45, 7) is 5.13. The minimum Gasteiger partial charge on any atom is -0.393 e. The highest BCUT2D eigenvalue weighted by Crippen LogP contribution is 2.17. The molecule has 1 heterocycles. The maximum absolute atomic E-state index is 11.0. The Kier molecular flexibility index (Phi) is 5.33. The number of rotatable bonds is 0. The van der Waals surface area contributed by atoms with Gasteiger partial charge < -0.3 is 10.0 Å². The van der Waals surface area contributed by atoms with Gasteiger partial charge in [-0.15, -0.1) is 12.4 Å². The third-order valence-corrected chi connectivity index (χ3v) is 2.65. The van der Waals surface area contributed by atoms with Crippen molar-refractivity contribution in [2.75, 3.05) is 13.1 Å². The zero-order valence-electron chi connectivity index (χ0n) is 8.19. The average molecular weight is 208 g/mol. The summed E-state index contributed by atoms with van der Waals surface area (Å²) in [5, 5.41) is 9.52. The van der Waals surface area contributed by atoms with E-state index >= 15 is 0 Å². The predicted octanol–water partition coefficient (Wildman–Crippen LogP) is 1.05. The fraction of sp³-hybridized carbons (Fsp3) is 0.889. The Morgan fingerprint density at radius 1 is 1.38 bits per heavy atom. The van der Waals surface area contributed by atoms with Crippen LogP contribution in [-0.2, 0) is 4.79 Å². The number of nitrogens with zero attached hydrogens (tertiary/aromatic N) is 1. The van der Waals surface area contributed by atoms with Gasteiger partial charge in [0.1, 0.15) is 0 Å². The molecule has 4 heteroatoms. The first-order valence-corrected chi connectivity index (χ1v) is 4.55. The van der Waals surface area contributed by atoms with Gasteiger partial charge in [0.2, 0.25) is 5.91 Å². The van der Waals surface area contributed by atoms with Gasteiger partial charge in [-0.1, -0.05) is 6.92 Å². The number of aliphatic hydroxyl groups is 1. The van der Waals surface area contributed by atoms with Crippen LogP contribution in [0.25, 0.3) is 0 Å². The molecule has 1 saturated heterocycles. The molecule has 2 atom stereocenters. The second-order valence-electron chi connectivity index (χ2n) is 3.63. The number of amides is 1. The Morgan fingerprint density at radius 3 is 2.46 bits per heavy atom. The molecular formula is C9H18ClNO2. The van der Waals surface area contributed by atoms with Gasteiger partial charge in [0.15, 0.2) is 0 Å². The second kappa shape index (κ2) is 5.45. The third kappa shape index (κ3) is 3.53. The van der Waals surface area contributed by atoms with E-state index in [2.05, 4.69) is 0 Å². The summed E-state index contributed by atoms with van der Waals surface area (Å²) in [5.74, 6) is 0.450. The lowest BCUT2D eigenvalue weighted by atomic mass is 10.0. The molecule has 1 aliphatic rings. The predicted molar refractivity (Wildman–Crippen MR) is 53.9 cm³/mol. The van der Waals surface area contributed by atoms with Crippen molar-refractivity contribution in [3.05, 3.63) is 0 Å². The maximum atomic E-state index is 11.0. The van der Waals surface area contributed by atoms with Gasteiger partial charge in [-0.25, -0.2) is 0 Å². The minimum absolute atomic E-state index is 0. The van der Waals surface area contributed by atoms with Crippen LogP contribution < -0.4 is 0 Å². The molecule has 0 saturated carbocycles. The zero-order valence-corrected chi connectivity index (χ0v) is 9.01. The maximum Gasteiger partial charge on any atom is 0.219 e. The molecule has 1 fully saturated rings. The summed E-state index contributed by atoms with van der Waals surface area (Å²) in [4.78, 5) is 12.8. The molecule has 0 spiro atoms. The molecule has 0 radical (unpaired) electrons. The summed E-state index contributed by atoms with van der Waals surface area (Å²) in [5.41, 5.74) is 0. The molecule has 0 aromatic rings. The van der Waals surface area contributed by atoms with Crippen molar-refractivity contribution < 1.29 is 9.90 Å². The van der Waals surface area contributed by atoms with Crippen molar-refractivity contribution in [2.45, 2.75) is 32.8 Å². The lowest BCUT2D eigenvalue weighted by molar-refractivity contribution is -0.128. The summed E-state index contributed by atoms with van der Waals surface area (Å²) >= 11 is 0. The van der Waals surface area contributed by atoms with E-state index in [1.165, 1.54) is 0 Å². The molecule has 0 bridgehead atoms. The van der Waals surface area contributed by atoms with Crippen LogP contribution >= 0.6 is 12.4 Å². The molecule has 3 nitrogen and oxygen atoms in total. The van der Waals surface area contributed by atoms with Crippen LogP contribution in [0.2, 0.25) is 0 Å². The lowest BCUT2D eigenvalue weighted by Gasteiger charge is -2.17. The smallest absolute Gasteiger partial charge is 0.219 e. The summed E-state index contributed by atoms with van der Waals surface area (Å²) in [6, 6.07) is 0. The molecule has 13 heavy (non-hydrogen) atoms. The molecule has 0 aromatic carbocycles. The van der Waals surface area contributed by atoms with Crippen molar-refractivity contribution in [1.29, 1.82) is 0 Å². The molecular weight excluding hydrogens is 190 g/mol. The van der Waals surface area contributed by atoms with Gasteiger partial charge in [0.25, 0.3) is 0 Å². The van der Waals surface area contributed by atoms with E-state index in [1.54, 1.807) is 6.92 Å². The van der Waals surface area contributed by atoms with E-state index in [0.29, 0.717) is 12.5 Å². The van der Waals surface area contributed by atoms with Gasteiger partial charge in [0.05, 0.1) is 6.10 Å². The third-order valence-electron chi connectivity index (χ3n) is 2.65. The molecule has 0 aliphatic carbocycles. The van der Waals surface area contributed by atoms with Gasteiger partial charge in [-0.05, 0) is 18.8 Å². The first kappa shape index (κ1) is 12.7. The zero-order chi connectivity index (χ0) is 9.14. The van der Waals surface area contributed by atoms with E-state index in [4.69, 9.17) is 0 Å². The van der Waals surface area contributed by atoms with Crippen LogP contribution in [0.3, 0.4) is 0 Å². The number of carbonyl (C=O) groups is 1. The van der Waals surface area contributed by atoms with E-state index in [1.807, 2.05) is 11.8 Å². The highest BCUT2D eigenvalue weighted by atomic mass is 35.5. The van der Waals surface area contributed by atoms with Gasteiger partial charge in [-0.2, -0.15) is 0 Å². The monoisotopic (exact) mass is 207 g/mol. The standard InChI is InChI=1S/C9H17NO2.ClH/c1-7-3-5-10(8(2)11)6-4-9(7)12;/h7,9,12H,3-6H2,1-2H3;1H. The van der Waals surface area contributed by atoms with Gasteiger partial charge in [0, 0.05) is 20.0 Å². The van der Waals surface area contributed by atoms with Crippen molar-refractivity contribution in [1.82, 2.24) is 4.90 Å². The van der Waals surface area contributed by atoms with Crippen LogP contribution in [0.15, 0.2) is 0 Å². The minimum atomic E-state index is -0.227. The van der Waals surface area contributed by atoms with E-state index in [-0.39, 0.29) is 24.4 Å². The van der Waals surface area contributed by atoms with Crippen LogP contribution in [0.5, 0.6) is 0 Å². The average Bonchev–Trinajstić information content (AvgIpc) is 2.16. The van der Waals surface area contributed by atoms with Crippen molar-refractivity contribution in [2.24, 2.45) is 5.92 Å². The van der Waals surface area contributed by atoms with Crippen LogP contribution in [0, 0.1) is 5.92 Å². The van der Waals surface area contributed by atoms with Crippen molar-refractivity contribution in [3.63, 3.8) is 0 Å². The number of halogens is 1. The normalized spacial score (nSPS) is 29.0. The lowest BCUT2D eigenvalue weighted by Crippen LogP contribution is -2.29. The Balaban J connectivity index is 0.00000144. The SMILES string of the molecule is CC(=O)N1CCC(C)C(O)CC1.Cl. The largest absolute Gasteiger partial charge is 0.393 e. The fourth-order valence-corrected chi connectivity index (χ4v) is 1.55. The van der Waals surface area contributed by atoms with Crippen molar-refractivity contribution >= 4 is 18.3 Å². The number of likely N-dealkylation sites (tertiary alicyclic amines) is 1. The molecule has 1 rings (SSSR count). The number of carbonyl (C=O) groups excluding carboxylic acids is 1. The molecule has 0 aromatic heterocycles. The molecule has 1 amide bonds.